The predicted octanol–water partition coefficient (Wildman–Crippen LogP) is 4.52. The highest BCUT2D eigenvalue weighted by Gasteiger charge is 1.74. The van der Waals surface area contributed by atoms with Gasteiger partial charge < -0.3 is 4.99 Å². The third kappa shape index (κ3) is 74.7. The molecule has 0 bridgehead atoms. The summed E-state index contributed by atoms with van der Waals surface area (Å²) in [7, 11) is 1.75. The lowest BCUT2D eigenvalue weighted by Crippen LogP contribution is -1.71. The Hall–Kier alpha value is 0.0200. The van der Waals surface area contributed by atoms with Crippen molar-refractivity contribution in [3.8, 4) is 0 Å². The first-order chi connectivity index (χ1) is 6.24. The predicted molar refractivity (Wildman–Crippen MR) is 71.5 cm³/mol. The molecule has 0 saturated carbocycles. The first kappa shape index (κ1) is 18.7. The van der Waals surface area contributed by atoms with Gasteiger partial charge in [0.1, 0.15) is 0 Å². The summed E-state index contributed by atoms with van der Waals surface area (Å²) in [5.41, 5.74) is 0. The van der Waals surface area contributed by atoms with Crippen LogP contribution < -0.4 is 0 Å². The molecule has 0 heterocycles. The molecule has 2 heteroatoms. The van der Waals surface area contributed by atoms with Gasteiger partial charge in [-0.2, -0.15) is 11.8 Å². The van der Waals surface area contributed by atoms with Crippen molar-refractivity contribution in [2.75, 3.05) is 18.6 Å². The number of hydrogen-bond donors (Lipinski definition) is 0. The van der Waals surface area contributed by atoms with E-state index < -0.39 is 0 Å². The van der Waals surface area contributed by atoms with E-state index in [9.17, 15) is 0 Å². The Labute approximate surface area is 90.9 Å². The molecule has 0 aromatic rings. The summed E-state index contributed by atoms with van der Waals surface area (Å²) in [6, 6.07) is 0. The molecule has 84 valence electrons. The summed E-state index contributed by atoms with van der Waals surface area (Å²) in [6.45, 7) is 10.5. The molecule has 0 radical (unpaired) electrons. The van der Waals surface area contributed by atoms with Gasteiger partial charge in [0.05, 0.1) is 0 Å². The lowest BCUT2D eigenvalue weighted by atomic mass is 10.6. The summed E-state index contributed by atoms with van der Waals surface area (Å²) < 4.78 is 0. The van der Waals surface area contributed by atoms with Crippen molar-refractivity contribution in [2.24, 2.45) is 4.99 Å². The monoisotopic (exact) mass is 207 g/mol. The highest BCUT2D eigenvalue weighted by Crippen LogP contribution is 1.98. The molecular weight excluding hydrogens is 178 g/mol. The topological polar surface area (TPSA) is 12.4 Å². The van der Waals surface area contributed by atoms with Crippen LogP contribution in [0.4, 0.5) is 0 Å². The zero-order valence-electron chi connectivity index (χ0n) is 10.3. The summed E-state index contributed by atoms with van der Waals surface area (Å²) in [5, 5.41) is 0. The van der Waals surface area contributed by atoms with E-state index in [-0.39, 0.29) is 1.43 Å². The molecule has 0 aromatic carbocycles. The normalized spacial score (nSPS) is 8.46. The Bertz CT molecular complexity index is 69.7. The summed E-state index contributed by atoms with van der Waals surface area (Å²) in [5.74, 6) is 2.60. The standard InChI is InChI=1S/C5H12S.C3H7N.C3H8.H2/c1-3-5-6-4-2;1-3-4-2;1-3-2;/h3-5H2,1-2H3;3H,1-2H3;3H2,1-2H3;1H. The zero-order valence-corrected chi connectivity index (χ0v) is 11.1. The molecule has 0 spiro atoms. The van der Waals surface area contributed by atoms with Gasteiger partial charge in [0, 0.05) is 8.47 Å². The lowest BCUT2D eigenvalue weighted by Gasteiger charge is -1.87. The maximum absolute atomic E-state index is 3.61. The van der Waals surface area contributed by atoms with Crippen LogP contribution in [0.2, 0.25) is 0 Å². The van der Waals surface area contributed by atoms with Gasteiger partial charge in [-0.25, -0.2) is 0 Å². The molecule has 0 fully saturated rings. The Kier molecular flexibility index (Phi) is 42.7. The first-order valence-corrected chi connectivity index (χ1v) is 6.34. The fourth-order valence-corrected chi connectivity index (χ4v) is 0.866. The van der Waals surface area contributed by atoms with Gasteiger partial charge in [-0.1, -0.05) is 34.1 Å². The third-order valence-electron chi connectivity index (χ3n) is 0.811. The second-order valence-electron chi connectivity index (χ2n) is 2.42. The second kappa shape index (κ2) is 29.6. The van der Waals surface area contributed by atoms with Crippen LogP contribution in [0.5, 0.6) is 0 Å². The van der Waals surface area contributed by atoms with Crippen molar-refractivity contribution in [3.05, 3.63) is 0 Å². The summed E-state index contributed by atoms with van der Waals surface area (Å²) in [4.78, 5) is 3.61. The average Bonchev–Trinajstić information content (AvgIpc) is 2.16. The summed E-state index contributed by atoms with van der Waals surface area (Å²) in [6.07, 6.45) is 4.32. The second-order valence-corrected chi connectivity index (χ2v) is 3.81. The van der Waals surface area contributed by atoms with E-state index in [4.69, 9.17) is 0 Å². The van der Waals surface area contributed by atoms with Gasteiger partial charge >= 0.3 is 0 Å². The van der Waals surface area contributed by atoms with Crippen LogP contribution in [0.15, 0.2) is 4.99 Å². The Morgan fingerprint density at radius 2 is 1.62 bits per heavy atom. The van der Waals surface area contributed by atoms with E-state index in [0.717, 1.165) is 0 Å². The van der Waals surface area contributed by atoms with Gasteiger partial charge in [-0.05, 0) is 31.1 Å². The van der Waals surface area contributed by atoms with E-state index in [0.29, 0.717) is 0 Å². The molecule has 0 N–H and O–H groups in total. The smallest absolute Gasteiger partial charge is 0.0273 e. The third-order valence-corrected chi connectivity index (χ3v) is 1.92. The quantitative estimate of drug-likeness (QED) is 0.489. The van der Waals surface area contributed by atoms with Crippen LogP contribution in [0.25, 0.3) is 0 Å². The fraction of sp³-hybridized carbons (Fsp3) is 0.909. The molecule has 0 aliphatic rings. The van der Waals surface area contributed by atoms with Crippen molar-refractivity contribution in [3.63, 3.8) is 0 Å². The Morgan fingerprint density at radius 1 is 1.23 bits per heavy atom. The molecule has 0 aliphatic carbocycles. The molecule has 0 atom stereocenters. The molecule has 0 amide bonds. The van der Waals surface area contributed by atoms with E-state index in [1.54, 1.807) is 13.3 Å². The summed E-state index contributed by atoms with van der Waals surface area (Å²) >= 11 is 2.01. The van der Waals surface area contributed by atoms with Crippen LogP contribution in [0.1, 0.15) is 48.9 Å². The molecule has 13 heavy (non-hydrogen) atoms. The van der Waals surface area contributed by atoms with E-state index >= 15 is 0 Å². The largest absolute Gasteiger partial charge is 0.301 e. The minimum Gasteiger partial charge on any atom is -0.301 e. The minimum atomic E-state index is 0. The van der Waals surface area contributed by atoms with E-state index in [1.165, 1.54) is 24.3 Å². The molecule has 1 nitrogen and oxygen atoms in total. The molecule has 0 rings (SSSR count). The molecule has 0 aromatic heterocycles. The van der Waals surface area contributed by atoms with Gasteiger partial charge in [-0.3, -0.25) is 0 Å². The average molecular weight is 207 g/mol. The number of nitrogens with zero attached hydrogens (tertiary/aromatic N) is 1. The van der Waals surface area contributed by atoms with Crippen molar-refractivity contribution in [2.45, 2.75) is 47.5 Å². The number of hydrogen-bond acceptors (Lipinski definition) is 2. The van der Waals surface area contributed by atoms with E-state index in [1.807, 2.05) is 18.7 Å². The Balaban J connectivity index is -0.0000000553. The number of thioether (sulfide) groups is 1. The van der Waals surface area contributed by atoms with Crippen LogP contribution in [-0.2, 0) is 0 Å². The van der Waals surface area contributed by atoms with E-state index in [2.05, 4.69) is 32.7 Å². The molecule has 0 saturated heterocycles. The molecule has 0 aliphatic heterocycles. The molecular formula is C11H29NS. The first-order valence-electron chi connectivity index (χ1n) is 5.19. The van der Waals surface area contributed by atoms with Crippen molar-refractivity contribution in [1.82, 2.24) is 0 Å². The van der Waals surface area contributed by atoms with Crippen LogP contribution in [0, 0.1) is 0 Å². The minimum absolute atomic E-state index is 0. The maximum atomic E-state index is 3.61. The van der Waals surface area contributed by atoms with Crippen molar-refractivity contribution < 1.29 is 1.43 Å². The highest BCUT2D eigenvalue weighted by molar-refractivity contribution is 7.99. The van der Waals surface area contributed by atoms with Crippen LogP contribution in [-0.4, -0.2) is 24.8 Å². The maximum Gasteiger partial charge on any atom is 0.0273 e. The van der Waals surface area contributed by atoms with Gasteiger partial charge in [-0.15, -0.1) is 0 Å². The highest BCUT2D eigenvalue weighted by atomic mass is 32.2. The molecule has 0 unspecified atom stereocenters. The van der Waals surface area contributed by atoms with Crippen molar-refractivity contribution >= 4 is 18.0 Å². The number of aliphatic imine (C=N–C) groups is 1. The lowest BCUT2D eigenvalue weighted by molar-refractivity contribution is 1.09. The fourth-order valence-electron chi connectivity index (χ4n) is 0.289. The van der Waals surface area contributed by atoms with Gasteiger partial charge in [0.15, 0.2) is 0 Å². The zero-order chi connectivity index (χ0) is 10.9. The SMILES string of the molecule is CC=NC.CCC.CCCSCC.[HH]. The van der Waals surface area contributed by atoms with Crippen LogP contribution >= 0.6 is 11.8 Å². The Morgan fingerprint density at radius 3 is 1.69 bits per heavy atom. The van der Waals surface area contributed by atoms with Gasteiger partial charge in [0.25, 0.3) is 0 Å². The van der Waals surface area contributed by atoms with Crippen LogP contribution in [0.3, 0.4) is 0 Å². The van der Waals surface area contributed by atoms with Gasteiger partial charge in [0.2, 0.25) is 0 Å². The van der Waals surface area contributed by atoms with Crippen molar-refractivity contribution in [1.29, 1.82) is 0 Å². The number of rotatable bonds is 3.